The topological polar surface area (TPSA) is 51.4 Å². The van der Waals surface area contributed by atoms with Crippen LogP contribution in [0, 0.1) is 5.92 Å². The van der Waals surface area contributed by atoms with Crippen molar-refractivity contribution in [1.29, 1.82) is 0 Å². The highest BCUT2D eigenvalue weighted by Gasteiger charge is 2.54. The minimum atomic E-state index is -0.301. The van der Waals surface area contributed by atoms with Crippen molar-refractivity contribution in [2.24, 2.45) is 5.92 Å². The first kappa shape index (κ1) is 18.7. The lowest BCUT2D eigenvalue weighted by Crippen LogP contribution is -2.21. The van der Waals surface area contributed by atoms with Gasteiger partial charge in [-0.2, -0.15) is 0 Å². The average Bonchev–Trinajstić information content (AvgIpc) is 3.43. The van der Waals surface area contributed by atoms with Crippen LogP contribution in [0.25, 0.3) is 0 Å². The van der Waals surface area contributed by atoms with Gasteiger partial charge in [-0.25, -0.2) is 4.79 Å². The zero-order chi connectivity index (χ0) is 18.2. The number of esters is 1. The van der Waals surface area contributed by atoms with Crippen LogP contribution in [-0.2, 0) is 19.0 Å². The second-order valence-electron chi connectivity index (χ2n) is 8.45. The van der Waals surface area contributed by atoms with Crippen LogP contribution in [0.4, 0.5) is 0 Å². The highest BCUT2D eigenvalue weighted by molar-refractivity contribution is 5.88. The van der Waals surface area contributed by atoms with Crippen molar-refractivity contribution in [3.05, 3.63) is 23.8 Å². The van der Waals surface area contributed by atoms with Crippen LogP contribution in [0.2, 0.25) is 0 Å². The van der Waals surface area contributed by atoms with Gasteiger partial charge >= 0.3 is 5.97 Å². The predicted molar refractivity (Wildman–Crippen MR) is 97.3 cm³/mol. The molecule has 4 nitrogen and oxygen atoms in total. The first-order valence-electron chi connectivity index (χ1n) is 9.56. The molecule has 4 heteroatoms. The van der Waals surface area contributed by atoms with Gasteiger partial charge in [0.05, 0.1) is 30.5 Å². The maximum atomic E-state index is 12.0. The molecule has 3 aliphatic rings. The largest absolute Gasteiger partial charge is 0.466 e. The maximum Gasteiger partial charge on any atom is 0.333 e. The first-order chi connectivity index (χ1) is 11.8. The number of epoxide rings is 2. The van der Waals surface area contributed by atoms with E-state index in [1.54, 1.807) is 0 Å². The summed E-state index contributed by atoms with van der Waals surface area (Å²) >= 11 is 0. The molecule has 1 aliphatic carbocycles. The molecule has 0 spiro atoms. The summed E-state index contributed by atoms with van der Waals surface area (Å²) in [5, 5.41) is 0. The van der Waals surface area contributed by atoms with Crippen molar-refractivity contribution in [3.63, 3.8) is 0 Å². The lowest BCUT2D eigenvalue weighted by Gasteiger charge is -2.19. The summed E-state index contributed by atoms with van der Waals surface area (Å²) in [4.78, 5) is 12.0. The summed E-state index contributed by atoms with van der Waals surface area (Å²) in [6.45, 7) is 10.6. The fraction of sp³-hybridized carbons (Fsp3) is 0.762. The molecule has 2 aliphatic heterocycles. The van der Waals surface area contributed by atoms with E-state index in [-0.39, 0.29) is 29.2 Å². The van der Waals surface area contributed by atoms with E-state index in [0.29, 0.717) is 11.7 Å². The van der Waals surface area contributed by atoms with Crippen LogP contribution in [-0.4, -0.2) is 36.5 Å². The Labute approximate surface area is 151 Å². The van der Waals surface area contributed by atoms with Gasteiger partial charge in [-0.15, -0.1) is 0 Å². The molecule has 0 N–H and O–H groups in total. The number of allylic oxidation sites excluding steroid dienone is 2. The Morgan fingerprint density at radius 3 is 2.60 bits per heavy atom. The van der Waals surface area contributed by atoms with E-state index in [2.05, 4.69) is 33.4 Å². The third-order valence-electron chi connectivity index (χ3n) is 6.43. The van der Waals surface area contributed by atoms with Gasteiger partial charge in [-0.3, -0.25) is 0 Å². The number of ether oxygens (including phenoxy) is 3. The van der Waals surface area contributed by atoms with Gasteiger partial charge in [-0.1, -0.05) is 18.2 Å². The van der Waals surface area contributed by atoms with Gasteiger partial charge < -0.3 is 14.2 Å². The fourth-order valence-corrected chi connectivity index (χ4v) is 4.20. The van der Waals surface area contributed by atoms with Gasteiger partial charge in [0.15, 0.2) is 0 Å². The van der Waals surface area contributed by atoms with E-state index in [4.69, 9.17) is 14.2 Å². The highest BCUT2D eigenvalue weighted by Crippen LogP contribution is 2.48. The maximum absolute atomic E-state index is 12.0. The molecule has 2 saturated heterocycles. The number of carbonyl (C=O) groups is 1. The van der Waals surface area contributed by atoms with Gasteiger partial charge in [0.25, 0.3) is 0 Å². The van der Waals surface area contributed by atoms with Crippen molar-refractivity contribution >= 4 is 5.97 Å². The molecule has 0 aromatic carbocycles. The Morgan fingerprint density at radius 1 is 1.20 bits per heavy atom. The van der Waals surface area contributed by atoms with Gasteiger partial charge in [-0.05, 0) is 71.6 Å². The van der Waals surface area contributed by atoms with Crippen molar-refractivity contribution in [3.8, 4) is 0 Å². The van der Waals surface area contributed by atoms with E-state index in [1.165, 1.54) is 12.7 Å². The molecule has 2 heterocycles. The zero-order valence-electron chi connectivity index (χ0n) is 16.1. The van der Waals surface area contributed by atoms with E-state index < -0.39 is 0 Å². The molecule has 0 bridgehead atoms. The molecule has 2 fully saturated rings. The van der Waals surface area contributed by atoms with E-state index in [9.17, 15) is 4.79 Å². The van der Waals surface area contributed by atoms with Crippen LogP contribution >= 0.6 is 0 Å². The summed E-state index contributed by atoms with van der Waals surface area (Å²) in [7, 11) is 1.42. The molecule has 5 unspecified atom stereocenters. The van der Waals surface area contributed by atoms with E-state index >= 15 is 0 Å². The zero-order valence-corrected chi connectivity index (χ0v) is 16.1. The van der Waals surface area contributed by atoms with Crippen LogP contribution in [0.1, 0.15) is 65.7 Å². The fourth-order valence-electron chi connectivity index (χ4n) is 4.20. The molecule has 5 atom stereocenters. The number of hydrogen-bond donors (Lipinski definition) is 0. The summed E-state index contributed by atoms with van der Waals surface area (Å²) in [5.74, 6) is -0.202. The summed E-state index contributed by atoms with van der Waals surface area (Å²) in [6, 6.07) is 0. The normalized spacial score (nSPS) is 41.4. The smallest absolute Gasteiger partial charge is 0.333 e. The van der Waals surface area contributed by atoms with Crippen molar-refractivity contribution in [1.82, 2.24) is 0 Å². The molecule has 0 aromatic heterocycles. The Bertz CT molecular complexity index is 580. The standard InChI is InChI=1S/C21H32O4/c1-14-7-6-11-20(3)18(25-20)13-16(15(2)19(22)23-5)10-12-21(4)17(24-21)9-8-14/h7,16-18H,2,6,8-13H2,1,3-5H3. The quantitative estimate of drug-likeness (QED) is 0.322. The van der Waals surface area contributed by atoms with Crippen LogP contribution < -0.4 is 0 Å². The third-order valence-corrected chi connectivity index (χ3v) is 6.43. The molecule has 0 aromatic rings. The molecule has 0 radical (unpaired) electrons. The highest BCUT2D eigenvalue weighted by atomic mass is 16.6. The van der Waals surface area contributed by atoms with Crippen LogP contribution in [0.5, 0.6) is 0 Å². The minimum absolute atomic E-state index is 0.0489. The Kier molecular flexibility index (Phi) is 5.13. The summed E-state index contributed by atoms with van der Waals surface area (Å²) < 4.78 is 16.9. The molecular weight excluding hydrogens is 316 g/mol. The van der Waals surface area contributed by atoms with Gasteiger partial charge in [0.1, 0.15) is 0 Å². The summed E-state index contributed by atoms with van der Waals surface area (Å²) in [5.41, 5.74) is 1.92. The second kappa shape index (κ2) is 6.88. The molecule has 25 heavy (non-hydrogen) atoms. The Morgan fingerprint density at radius 2 is 1.88 bits per heavy atom. The molecule has 0 amide bonds. The monoisotopic (exact) mass is 348 g/mol. The number of methoxy groups -OCH3 is 1. The van der Waals surface area contributed by atoms with Crippen molar-refractivity contribution in [2.45, 2.75) is 89.1 Å². The van der Waals surface area contributed by atoms with Crippen molar-refractivity contribution < 1.29 is 19.0 Å². The predicted octanol–water partition coefficient (Wildman–Crippen LogP) is 4.34. The Hall–Kier alpha value is -1.13. The van der Waals surface area contributed by atoms with Crippen LogP contribution in [0.3, 0.4) is 0 Å². The molecular formula is C21H32O4. The lowest BCUT2D eigenvalue weighted by molar-refractivity contribution is -0.136. The Balaban J connectivity index is 1.72. The number of rotatable bonds is 2. The third kappa shape index (κ3) is 4.17. The molecule has 140 valence electrons. The molecule has 0 saturated carbocycles. The SMILES string of the molecule is C=C(C(=O)OC)C1CCC2(C)OC2CCC(C)=CCCC2(C)OC2C1. The lowest BCUT2D eigenvalue weighted by atomic mass is 9.83. The number of carbonyl (C=O) groups excluding carboxylic acids is 1. The van der Waals surface area contributed by atoms with Crippen molar-refractivity contribution in [2.75, 3.05) is 7.11 Å². The number of fused-ring (bicyclic) bond motifs is 2. The first-order valence-corrected chi connectivity index (χ1v) is 9.56. The van der Waals surface area contributed by atoms with Crippen LogP contribution in [0.15, 0.2) is 23.8 Å². The van der Waals surface area contributed by atoms with E-state index in [0.717, 1.165) is 44.9 Å². The van der Waals surface area contributed by atoms with Gasteiger partial charge in [0.2, 0.25) is 0 Å². The van der Waals surface area contributed by atoms with Gasteiger partial charge in [0, 0.05) is 5.57 Å². The second-order valence-corrected chi connectivity index (χ2v) is 8.45. The average molecular weight is 348 g/mol. The number of hydrogen-bond acceptors (Lipinski definition) is 4. The van der Waals surface area contributed by atoms with E-state index in [1.807, 2.05) is 0 Å². The summed E-state index contributed by atoms with van der Waals surface area (Å²) in [6.07, 6.45) is 9.84. The minimum Gasteiger partial charge on any atom is -0.466 e. The molecule has 3 rings (SSSR count).